The molecule has 0 saturated carbocycles. The SMILES string of the molecule is CCCCCCCCCCCCCCOc1ccc(C(=O)Oc2ccc(OC(=O)c3ccc(=O)[nH]c3)cc2)cc1. The Labute approximate surface area is 236 Å². The summed E-state index contributed by atoms with van der Waals surface area (Å²) in [5.41, 5.74) is 0.322. The normalized spacial score (nSPS) is 10.7. The summed E-state index contributed by atoms with van der Waals surface area (Å²) in [4.78, 5) is 38.2. The van der Waals surface area contributed by atoms with Crippen molar-refractivity contribution in [1.82, 2.24) is 4.98 Å². The Kier molecular flexibility index (Phi) is 13.5. The van der Waals surface area contributed by atoms with Gasteiger partial charge in [-0.15, -0.1) is 0 Å². The zero-order valence-corrected chi connectivity index (χ0v) is 23.5. The van der Waals surface area contributed by atoms with E-state index in [0.717, 1.165) is 12.2 Å². The van der Waals surface area contributed by atoms with Crippen molar-refractivity contribution in [2.75, 3.05) is 6.61 Å². The maximum absolute atomic E-state index is 12.5. The third-order valence-electron chi connectivity index (χ3n) is 6.62. The third kappa shape index (κ3) is 11.5. The van der Waals surface area contributed by atoms with Crippen molar-refractivity contribution in [3.8, 4) is 17.2 Å². The molecule has 0 radical (unpaired) electrons. The second-order valence-corrected chi connectivity index (χ2v) is 9.95. The zero-order valence-electron chi connectivity index (χ0n) is 23.5. The van der Waals surface area contributed by atoms with Crippen molar-refractivity contribution in [3.05, 3.63) is 88.3 Å². The number of unbranched alkanes of at least 4 members (excludes halogenated alkanes) is 11. The van der Waals surface area contributed by atoms with Crippen molar-refractivity contribution in [1.29, 1.82) is 0 Å². The van der Waals surface area contributed by atoms with Crippen molar-refractivity contribution >= 4 is 11.9 Å². The molecule has 1 heterocycles. The molecule has 0 aliphatic carbocycles. The highest BCUT2D eigenvalue weighted by Crippen LogP contribution is 2.21. The molecule has 1 N–H and O–H groups in total. The smallest absolute Gasteiger partial charge is 0.345 e. The number of pyridine rings is 1. The Bertz CT molecular complexity index is 1200. The van der Waals surface area contributed by atoms with Crippen LogP contribution in [0.15, 0.2) is 71.7 Å². The van der Waals surface area contributed by atoms with Gasteiger partial charge in [0, 0.05) is 12.3 Å². The molecule has 7 heteroatoms. The molecule has 0 bridgehead atoms. The number of hydrogen-bond donors (Lipinski definition) is 1. The lowest BCUT2D eigenvalue weighted by atomic mass is 10.1. The van der Waals surface area contributed by atoms with Gasteiger partial charge in [-0.3, -0.25) is 4.79 Å². The minimum Gasteiger partial charge on any atom is -0.494 e. The number of H-pyrrole nitrogens is 1. The monoisotopic (exact) mass is 547 g/mol. The van der Waals surface area contributed by atoms with E-state index in [0.29, 0.717) is 17.9 Å². The largest absolute Gasteiger partial charge is 0.494 e. The second-order valence-electron chi connectivity index (χ2n) is 9.95. The van der Waals surface area contributed by atoms with Crippen LogP contribution in [0, 0.1) is 0 Å². The highest BCUT2D eigenvalue weighted by atomic mass is 16.5. The summed E-state index contributed by atoms with van der Waals surface area (Å²) >= 11 is 0. The fraction of sp³-hybridized carbons (Fsp3) is 0.424. The van der Waals surface area contributed by atoms with Crippen LogP contribution in [0.3, 0.4) is 0 Å². The predicted octanol–water partition coefficient (Wildman–Crippen LogP) is 7.89. The third-order valence-corrected chi connectivity index (χ3v) is 6.62. The van der Waals surface area contributed by atoms with Gasteiger partial charge < -0.3 is 19.2 Å². The maximum atomic E-state index is 12.5. The summed E-state index contributed by atoms with van der Waals surface area (Å²) in [6.45, 7) is 2.93. The summed E-state index contributed by atoms with van der Waals surface area (Å²) in [5, 5.41) is 0. The van der Waals surface area contributed by atoms with Crippen LogP contribution in [0.4, 0.5) is 0 Å². The number of aromatic nitrogens is 1. The number of carbonyl (C=O) groups is 2. The second kappa shape index (κ2) is 17.7. The van der Waals surface area contributed by atoms with Crippen LogP contribution in [0.1, 0.15) is 105 Å². The molecule has 2 aromatic carbocycles. The van der Waals surface area contributed by atoms with Gasteiger partial charge in [-0.2, -0.15) is 0 Å². The average molecular weight is 548 g/mol. The van der Waals surface area contributed by atoms with Crippen LogP contribution in [-0.2, 0) is 0 Å². The Morgan fingerprint density at radius 1 is 0.575 bits per heavy atom. The highest BCUT2D eigenvalue weighted by Gasteiger charge is 2.11. The fourth-order valence-electron chi connectivity index (χ4n) is 4.27. The minimum absolute atomic E-state index is 0.219. The molecule has 7 nitrogen and oxygen atoms in total. The molecule has 40 heavy (non-hydrogen) atoms. The number of ether oxygens (including phenoxy) is 3. The number of aromatic amines is 1. The molecule has 3 rings (SSSR count). The molecule has 0 spiro atoms. The van der Waals surface area contributed by atoms with E-state index in [1.165, 1.54) is 101 Å². The van der Waals surface area contributed by atoms with Crippen LogP contribution in [0.2, 0.25) is 0 Å². The van der Waals surface area contributed by atoms with Gasteiger partial charge in [0.2, 0.25) is 5.56 Å². The van der Waals surface area contributed by atoms with E-state index < -0.39 is 11.9 Å². The summed E-state index contributed by atoms with van der Waals surface area (Å²) in [6, 6.07) is 15.7. The molecule has 0 unspecified atom stereocenters. The lowest BCUT2D eigenvalue weighted by Crippen LogP contribution is -2.12. The first-order valence-electron chi connectivity index (χ1n) is 14.5. The van der Waals surface area contributed by atoms with E-state index in [4.69, 9.17) is 14.2 Å². The molecule has 0 aliphatic heterocycles. The standard InChI is InChI=1S/C33H41NO6/c1-2-3-4-5-6-7-8-9-10-11-12-13-24-38-28-17-14-26(15-18-28)32(36)39-29-19-21-30(22-20-29)40-33(37)27-16-23-31(35)34-25-27/h14-23,25H,2-13,24H2,1H3,(H,34,35). The molecular weight excluding hydrogens is 506 g/mol. The molecule has 3 aromatic rings. The Hall–Kier alpha value is -3.87. The molecule has 0 amide bonds. The Morgan fingerprint density at radius 3 is 1.52 bits per heavy atom. The summed E-state index contributed by atoms with van der Waals surface area (Å²) < 4.78 is 16.5. The number of esters is 2. The Morgan fingerprint density at radius 2 is 1.02 bits per heavy atom. The van der Waals surface area contributed by atoms with Gasteiger partial charge >= 0.3 is 11.9 Å². The Balaban J connectivity index is 1.29. The lowest BCUT2D eigenvalue weighted by molar-refractivity contribution is 0.0719. The first kappa shape index (κ1) is 30.7. The molecule has 214 valence electrons. The van der Waals surface area contributed by atoms with Crippen molar-refractivity contribution in [2.45, 2.75) is 84.0 Å². The van der Waals surface area contributed by atoms with Gasteiger partial charge in [-0.1, -0.05) is 77.6 Å². The van der Waals surface area contributed by atoms with Crippen LogP contribution < -0.4 is 19.8 Å². The van der Waals surface area contributed by atoms with E-state index in [9.17, 15) is 14.4 Å². The molecule has 0 aliphatic rings. The van der Waals surface area contributed by atoms with E-state index in [1.54, 1.807) is 36.4 Å². The zero-order chi connectivity index (χ0) is 28.4. The van der Waals surface area contributed by atoms with Crippen molar-refractivity contribution in [2.24, 2.45) is 0 Å². The summed E-state index contributed by atoms with van der Waals surface area (Å²) in [5.74, 6) is 0.229. The van der Waals surface area contributed by atoms with Gasteiger partial charge in [0.05, 0.1) is 17.7 Å². The number of hydrogen-bond acceptors (Lipinski definition) is 6. The topological polar surface area (TPSA) is 94.7 Å². The maximum Gasteiger partial charge on any atom is 0.345 e. The van der Waals surface area contributed by atoms with Crippen LogP contribution in [-0.4, -0.2) is 23.5 Å². The van der Waals surface area contributed by atoms with Gasteiger partial charge in [0.25, 0.3) is 0 Å². The first-order chi connectivity index (χ1) is 19.5. The van der Waals surface area contributed by atoms with Gasteiger partial charge in [-0.05, 0) is 61.0 Å². The summed E-state index contributed by atoms with van der Waals surface area (Å²) in [6.07, 6.45) is 17.0. The van der Waals surface area contributed by atoms with Gasteiger partial charge in [0.15, 0.2) is 0 Å². The quantitative estimate of drug-likeness (QED) is 0.0988. The summed E-state index contributed by atoms with van der Waals surface area (Å²) in [7, 11) is 0. The van der Waals surface area contributed by atoms with Crippen molar-refractivity contribution < 1.29 is 23.8 Å². The highest BCUT2D eigenvalue weighted by molar-refractivity contribution is 5.91. The van der Waals surface area contributed by atoms with Crippen molar-refractivity contribution in [3.63, 3.8) is 0 Å². The van der Waals surface area contributed by atoms with E-state index >= 15 is 0 Å². The van der Waals surface area contributed by atoms with E-state index in [1.807, 2.05) is 0 Å². The molecule has 0 saturated heterocycles. The number of benzene rings is 2. The van der Waals surface area contributed by atoms with Gasteiger partial charge in [0.1, 0.15) is 17.2 Å². The number of nitrogens with one attached hydrogen (secondary N) is 1. The number of carbonyl (C=O) groups excluding carboxylic acids is 2. The van der Waals surface area contributed by atoms with E-state index in [-0.39, 0.29) is 16.9 Å². The van der Waals surface area contributed by atoms with Crippen LogP contribution in [0.25, 0.3) is 0 Å². The molecule has 1 aromatic heterocycles. The van der Waals surface area contributed by atoms with E-state index in [2.05, 4.69) is 11.9 Å². The minimum atomic E-state index is -0.609. The molecule has 0 atom stereocenters. The van der Waals surface area contributed by atoms with Gasteiger partial charge in [-0.25, -0.2) is 9.59 Å². The predicted molar refractivity (Wildman–Crippen MR) is 156 cm³/mol. The average Bonchev–Trinajstić information content (AvgIpc) is 2.97. The van der Waals surface area contributed by atoms with Crippen LogP contribution >= 0.6 is 0 Å². The first-order valence-corrected chi connectivity index (χ1v) is 14.5. The molecule has 0 fully saturated rings. The van der Waals surface area contributed by atoms with Crippen LogP contribution in [0.5, 0.6) is 17.2 Å². The number of rotatable bonds is 18. The molecular formula is C33H41NO6. The lowest BCUT2D eigenvalue weighted by Gasteiger charge is -2.08. The fourth-order valence-corrected chi connectivity index (χ4v) is 4.27.